The summed E-state index contributed by atoms with van der Waals surface area (Å²) in [5.74, 6) is 0.644. The van der Waals surface area contributed by atoms with Gasteiger partial charge in [0, 0.05) is 11.6 Å². The number of carbonyl (C=O) groups excluding carboxylic acids is 2. The number of aryl methyl sites for hydroxylation is 1. The molecule has 0 aliphatic heterocycles. The highest BCUT2D eigenvalue weighted by Gasteiger charge is 2.14. The van der Waals surface area contributed by atoms with E-state index in [9.17, 15) is 9.59 Å². The number of aromatic nitrogens is 1. The lowest BCUT2D eigenvalue weighted by atomic mass is 10.1. The Hall–Kier alpha value is -2.05. The fourth-order valence-electron chi connectivity index (χ4n) is 1.21. The van der Waals surface area contributed by atoms with Gasteiger partial charge in [0.2, 0.25) is 5.91 Å². The number of hydrogen-bond donors (Lipinski definition) is 3. The van der Waals surface area contributed by atoms with Crippen molar-refractivity contribution in [3.05, 3.63) is 11.8 Å². The molecule has 100 valence electrons. The van der Waals surface area contributed by atoms with Crippen molar-refractivity contribution in [2.75, 3.05) is 11.9 Å². The van der Waals surface area contributed by atoms with Crippen LogP contribution in [-0.2, 0) is 4.79 Å². The van der Waals surface area contributed by atoms with E-state index in [0.717, 1.165) is 0 Å². The van der Waals surface area contributed by atoms with Crippen LogP contribution in [-0.4, -0.2) is 29.2 Å². The molecular formula is C11H18N4O3. The van der Waals surface area contributed by atoms with Gasteiger partial charge in [0.25, 0.3) is 0 Å². The minimum atomic E-state index is -0.507. The highest BCUT2D eigenvalue weighted by atomic mass is 16.5. The van der Waals surface area contributed by atoms with Crippen molar-refractivity contribution in [1.29, 1.82) is 0 Å². The van der Waals surface area contributed by atoms with Gasteiger partial charge in [-0.05, 0) is 27.7 Å². The largest absolute Gasteiger partial charge is 0.360 e. The van der Waals surface area contributed by atoms with Gasteiger partial charge in [0.15, 0.2) is 5.82 Å². The van der Waals surface area contributed by atoms with Crippen LogP contribution in [0.25, 0.3) is 0 Å². The van der Waals surface area contributed by atoms with Gasteiger partial charge in [0.05, 0.1) is 6.54 Å². The number of nitrogens with one attached hydrogen (secondary N) is 3. The summed E-state index contributed by atoms with van der Waals surface area (Å²) in [5.41, 5.74) is -0.321. The van der Waals surface area contributed by atoms with Crippen LogP contribution in [0.1, 0.15) is 26.5 Å². The molecular weight excluding hydrogens is 236 g/mol. The number of rotatable bonds is 3. The molecule has 0 atom stereocenters. The molecule has 1 aromatic rings. The van der Waals surface area contributed by atoms with E-state index in [0.29, 0.717) is 11.6 Å². The van der Waals surface area contributed by atoms with Crippen molar-refractivity contribution in [3.63, 3.8) is 0 Å². The van der Waals surface area contributed by atoms with Gasteiger partial charge in [-0.2, -0.15) is 0 Å². The summed E-state index contributed by atoms with van der Waals surface area (Å²) >= 11 is 0. The van der Waals surface area contributed by atoms with Gasteiger partial charge < -0.3 is 15.2 Å². The topological polar surface area (TPSA) is 96.3 Å². The molecule has 0 saturated carbocycles. The van der Waals surface area contributed by atoms with E-state index in [-0.39, 0.29) is 18.0 Å². The smallest absolute Gasteiger partial charge is 0.320 e. The van der Waals surface area contributed by atoms with E-state index in [4.69, 9.17) is 4.52 Å². The first-order chi connectivity index (χ1) is 8.26. The summed E-state index contributed by atoms with van der Waals surface area (Å²) in [6.45, 7) is 7.21. The summed E-state index contributed by atoms with van der Waals surface area (Å²) < 4.78 is 4.79. The lowest BCUT2D eigenvalue weighted by Crippen LogP contribution is -2.46. The quantitative estimate of drug-likeness (QED) is 0.750. The van der Waals surface area contributed by atoms with Crippen LogP contribution in [0.3, 0.4) is 0 Å². The van der Waals surface area contributed by atoms with Crippen molar-refractivity contribution >= 4 is 17.8 Å². The molecule has 1 aromatic heterocycles. The Morgan fingerprint density at radius 1 is 1.39 bits per heavy atom. The minimum absolute atomic E-state index is 0.0973. The maximum Gasteiger partial charge on any atom is 0.320 e. The third-order valence-corrected chi connectivity index (χ3v) is 1.79. The van der Waals surface area contributed by atoms with E-state index >= 15 is 0 Å². The lowest BCUT2D eigenvalue weighted by Gasteiger charge is -2.20. The van der Waals surface area contributed by atoms with E-state index in [2.05, 4.69) is 21.1 Å². The van der Waals surface area contributed by atoms with Crippen molar-refractivity contribution in [1.82, 2.24) is 15.8 Å². The first-order valence-corrected chi connectivity index (χ1v) is 5.55. The van der Waals surface area contributed by atoms with Gasteiger partial charge in [-0.1, -0.05) is 5.16 Å². The number of nitrogens with zero attached hydrogens (tertiary/aromatic N) is 1. The predicted molar refractivity (Wildman–Crippen MR) is 66.2 cm³/mol. The zero-order chi connectivity index (χ0) is 13.8. The number of carbonyl (C=O) groups is 2. The van der Waals surface area contributed by atoms with Crippen molar-refractivity contribution in [3.8, 4) is 0 Å². The fraction of sp³-hybridized carbons (Fsp3) is 0.545. The molecule has 7 heteroatoms. The molecule has 3 N–H and O–H groups in total. The minimum Gasteiger partial charge on any atom is -0.360 e. The van der Waals surface area contributed by atoms with Gasteiger partial charge in [0.1, 0.15) is 5.76 Å². The molecule has 0 radical (unpaired) electrons. The monoisotopic (exact) mass is 254 g/mol. The van der Waals surface area contributed by atoms with E-state index < -0.39 is 6.03 Å². The molecule has 18 heavy (non-hydrogen) atoms. The molecule has 0 fully saturated rings. The Kier molecular flexibility index (Phi) is 4.30. The van der Waals surface area contributed by atoms with E-state index in [1.54, 1.807) is 13.0 Å². The highest BCUT2D eigenvalue weighted by molar-refractivity contribution is 5.91. The van der Waals surface area contributed by atoms with Crippen LogP contribution in [0.4, 0.5) is 10.6 Å². The molecule has 0 aliphatic rings. The molecule has 7 nitrogen and oxygen atoms in total. The summed E-state index contributed by atoms with van der Waals surface area (Å²) in [6, 6.07) is 1.07. The van der Waals surface area contributed by atoms with Crippen molar-refractivity contribution in [2.45, 2.75) is 33.2 Å². The maximum absolute atomic E-state index is 11.4. The van der Waals surface area contributed by atoms with Crippen LogP contribution in [0.15, 0.2) is 10.6 Å². The molecule has 1 rings (SSSR count). The summed E-state index contributed by atoms with van der Waals surface area (Å²) in [4.78, 5) is 22.8. The maximum atomic E-state index is 11.4. The van der Waals surface area contributed by atoms with E-state index in [1.807, 2.05) is 20.8 Å². The van der Waals surface area contributed by atoms with E-state index in [1.165, 1.54) is 0 Å². The summed E-state index contributed by atoms with van der Waals surface area (Å²) in [7, 11) is 0. The lowest BCUT2D eigenvalue weighted by molar-refractivity contribution is -0.121. The second-order valence-electron chi connectivity index (χ2n) is 4.93. The van der Waals surface area contributed by atoms with Gasteiger partial charge in [-0.15, -0.1) is 0 Å². The first-order valence-electron chi connectivity index (χ1n) is 5.55. The summed E-state index contributed by atoms with van der Waals surface area (Å²) in [6.07, 6.45) is 0. The summed E-state index contributed by atoms with van der Waals surface area (Å²) in [5, 5.41) is 11.2. The Balaban J connectivity index is 2.31. The second kappa shape index (κ2) is 5.52. The molecule has 0 unspecified atom stereocenters. The zero-order valence-corrected chi connectivity index (χ0v) is 11.0. The Labute approximate surface area is 105 Å². The normalized spacial score (nSPS) is 10.9. The standard InChI is InChI=1S/C11H18N4O3/c1-7-5-8(15-18-7)13-10(17)12-6-9(16)14-11(2,3)4/h5H,6H2,1-4H3,(H,14,16)(H2,12,13,15,17). The molecule has 0 aliphatic carbocycles. The Bertz CT molecular complexity index is 434. The van der Waals surface area contributed by atoms with Crippen LogP contribution in [0, 0.1) is 6.92 Å². The average molecular weight is 254 g/mol. The number of anilines is 1. The average Bonchev–Trinajstić information content (AvgIpc) is 2.58. The Morgan fingerprint density at radius 2 is 2.06 bits per heavy atom. The van der Waals surface area contributed by atoms with Crippen LogP contribution < -0.4 is 16.0 Å². The Morgan fingerprint density at radius 3 is 2.56 bits per heavy atom. The van der Waals surface area contributed by atoms with Gasteiger partial charge >= 0.3 is 6.03 Å². The number of urea groups is 1. The number of hydrogen-bond acceptors (Lipinski definition) is 4. The molecule has 0 saturated heterocycles. The highest BCUT2D eigenvalue weighted by Crippen LogP contribution is 2.06. The first kappa shape index (κ1) is 14.0. The predicted octanol–water partition coefficient (Wildman–Crippen LogP) is 1.02. The molecule has 0 bridgehead atoms. The second-order valence-corrected chi connectivity index (χ2v) is 4.93. The number of amides is 3. The van der Waals surface area contributed by atoms with Crippen LogP contribution in [0.2, 0.25) is 0 Å². The third-order valence-electron chi connectivity index (χ3n) is 1.79. The molecule has 3 amide bonds. The SMILES string of the molecule is Cc1cc(NC(=O)NCC(=O)NC(C)(C)C)no1. The molecule has 1 heterocycles. The third kappa shape index (κ3) is 5.33. The molecule has 0 aromatic carbocycles. The van der Waals surface area contributed by atoms with Crippen LogP contribution >= 0.6 is 0 Å². The molecule has 0 spiro atoms. The van der Waals surface area contributed by atoms with Gasteiger partial charge in [-0.25, -0.2) is 4.79 Å². The van der Waals surface area contributed by atoms with Crippen molar-refractivity contribution in [2.24, 2.45) is 0 Å². The fourth-order valence-corrected chi connectivity index (χ4v) is 1.21. The van der Waals surface area contributed by atoms with Crippen LogP contribution in [0.5, 0.6) is 0 Å². The zero-order valence-electron chi connectivity index (χ0n) is 11.0. The van der Waals surface area contributed by atoms with Gasteiger partial charge in [-0.3, -0.25) is 10.1 Å². The van der Waals surface area contributed by atoms with Crippen molar-refractivity contribution < 1.29 is 14.1 Å².